The van der Waals surface area contributed by atoms with Gasteiger partial charge in [0.2, 0.25) is 17.8 Å². The summed E-state index contributed by atoms with van der Waals surface area (Å²) in [6.07, 6.45) is 0.429. The monoisotopic (exact) mass is 426 g/mol. The average Bonchev–Trinajstić information content (AvgIpc) is 2.77. The third kappa shape index (κ3) is 5.17. The van der Waals surface area contributed by atoms with Gasteiger partial charge in [-0.1, -0.05) is 37.3 Å². The first kappa shape index (κ1) is 22.2. The number of hydrogen-bond acceptors (Lipinski definition) is 3. The predicted octanol–water partition coefficient (Wildman–Crippen LogP) is 5.35. The van der Waals surface area contributed by atoms with Crippen molar-refractivity contribution >= 4 is 17.4 Å². The van der Waals surface area contributed by atoms with Gasteiger partial charge in [-0.15, -0.1) is 0 Å². The molecule has 1 heterocycles. The number of hydrogen-bond donors (Lipinski definition) is 0. The standard InChI is InChI=1S/C24H21F3N2O2/c1-3-23(31)29(2)20-11-8-18(14-19(20)25)15-4-6-16(7-5-15)21(30)12-9-17-10-13-22(26)28-24(17)27/h4-8,10-11,13-14H,3,9,12H2,1-2H3. The van der Waals surface area contributed by atoms with Crippen LogP contribution in [0.15, 0.2) is 54.6 Å². The second kappa shape index (κ2) is 9.55. The van der Waals surface area contributed by atoms with E-state index in [1.54, 1.807) is 43.3 Å². The van der Waals surface area contributed by atoms with E-state index in [4.69, 9.17) is 0 Å². The molecule has 7 heteroatoms. The second-order valence-corrected chi connectivity index (χ2v) is 7.06. The van der Waals surface area contributed by atoms with E-state index in [0.29, 0.717) is 16.7 Å². The first-order valence-electron chi connectivity index (χ1n) is 9.80. The summed E-state index contributed by atoms with van der Waals surface area (Å²) >= 11 is 0. The van der Waals surface area contributed by atoms with Crippen LogP contribution in [-0.2, 0) is 11.2 Å². The fraction of sp³-hybridized carbons (Fsp3) is 0.208. The van der Waals surface area contributed by atoms with Gasteiger partial charge in [-0.25, -0.2) is 4.39 Å². The molecule has 31 heavy (non-hydrogen) atoms. The first-order chi connectivity index (χ1) is 14.8. The predicted molar refractivity (Wildman–Crippen MR) is 112 cm³/mol. The van der Waals surface area contributed by atoms with Crippen LogP contribution in [0.4, 0.5) is 18.9 Å². The van der Waals surface area contributed by atoms with E-state index in [2.05, 4.69) is 4.98 Å². The molecule has 0 unspecified atom stereocenters. The Labute approximate surface area is 178 Å². The molecule has 1 aromatic heterocycles. The zero-order chi connectivity index (χ0) is 22.5. The Morgan fingerprint density at radius 2 is 1.61 bits per heavy atom. The maximum Gasteiger partial charge on any atom is 0.226 e. The highest BCUT2D eigenvalue weighted by molar-refractivity contribution is 5.96. The van der Waals surface area contributed by atoms with Crippen molar-refractivity contribution in [3.8, 4) is 11.1 Å². The summed E-state index contributed by atoms with van der Waals surface area (Å²) in [6.45, 7) is 1.71. The number of anilines is 1. The summed E-state index contributed by atoms with van der Waals surface area (Å²) in [5.74, 6) is -2.73. The van der Waals surface area contributed by atoms with Gasteiger partial charge in [0.15, 0.2) is 5.78 Å². The lowest BCUT2D eigenvalue weighted by Crippen LogP contribution is -2.25. The maximum atomic E-state index is 14.5. The summed E-state index contributed by atoms with van der Waals surface area (Å²) < 4.78 is 41.0. The van der Waals surface area contributed by atoms with Crippen molar-refractivity contribution in [3.63, 3.8) is 0 Å². The van der Waals surface area contributed by atoms with Gasteiger partial charge in [0, 0.05) is 31.0 Å². The lowest BCUT2D eigenvalue weighted by atomic mass is 9.99. The van der Waals surface area contributed by atoms with Gasteiger partial charge in [0.05, 0.1) is 5.69 Å². The molecule has 3 rings (SSSR count). The van der Waals surface area contributed by atoms with Gasteiger partial charge in [-0.2, -0.15) is 13.8 Å². The molecule has 0 saturated heterocycles. The summed E-state index contributed by atoms with van der Waals surface area (Å²) in [7, 11) is 1.53. The Bertz CT molecular complexity index is 1110. The maximum absolute atomic E-state index is 14.5. The van der Waals surface area contributed by atoms with Crippen molar-refractivity contribution in [1.29, 1.82) is 0 Å². The van der Waals surface area contributed by atoms with E-state index in [1.165, 1.54) is 24.1 Å². The Kier molecular flexibility index (Phi) is 6.84. The third-order valence-corrected chi connectivity index (χ3v) is 5.04. The molecule has 0 aliphatic heterocycles. The molecule has 0 bridgehead atoms. The van der Waals surface area contributed by atoms with Crippen LogP contribution in [-0.4, -0.2) is 23.7 Å². The van der Waals surface area contributed by atoms with E-state index in [1.807, 2.05) is 0 Å². The number of halogens is 3. The average molecular weight is 426 g/mol. The molecule has 3 aromatic rings. The first-order valence-corrected chi connectivity index (χ1v) is 9.80. The molecular weight excluding hydrogens is 405 g/mol. The minimum atomic E-state index is -0.917. The van der Waals surface area contributed by atoms with Gasteiger partial charge in [-0.05, 0) is 41.8 Å². The number of pyridine rings is 1. The molecule has 0 fully saturated rings. The number of ketones is 1. The Balaban J connectivity index is 1.70. The Morgan fingerprint density at radius 3 is 2.23 bits per heavy atom. The van der Waals surface area contributed by atoms with Crippen molar-refractivity contribution < 1.29 is 22.8 Å². The van der Waals surface area contributed by atoms with Crippen molar-refractivity contribution in [2.45, 2.75) is 26.2 Å². The van der Waals surface area contributed by atoms with E-state index < -0.39 is 17.7 Å². The Morgan fingerprint density at radius 1 is 0.935 bits per heavy atom. The molecule has 0 spiro atoms. The van der Waals surface area contributed by atoms with Gasteiger partial charge >= 0.3 is 0 Å². The van der Waals surface area contributed by atoms with Gasteiger partial charge in [0.25, 0.3) is 0 Å². The quantitative estimate of drug-likeness (QED) is 0.378. The highest BCUT2D eigenvalue weighted by atomic mass is 19.1. The van der Waals surface area contributed by atoms with Crippen LogP contribution in [0.1, 0.15) is 35.7 Å². The lowest BCUT2D eigenvalue weighted by molar-refractivity contribution is -0.118. The third-order valence-electron chi connectivity index (χ3n) is 5.04. The fourth-order valence-corrected chi connectivity index (χ4v) is 3.20. The SMILES string of the molecule is CCC(=O)N(C)c1ccc(-c2ccc(C(=O)CCc3ccc(F)nc3F)cc2)cc1F. The number of Topliss-reactive ketones (excluding diaryl/α,β-unsaturated/α-hetero) is 1. The van der Waals surface area contributed by atoms with Crippen LogP contribution in [0.2, 0.25) is 0 Å². The molecule has 0 radical (unpaired) electrons. The van der Waals surface area contributed by atoms with Crippen molar-refractivity contribution in [1.82, 2.24) is 4.98 Å². The van der Waals surface area contributed by atoms with Crippen LogP contribution in [0.3, 0.4) is 0 Å². The number of aryl methyl sites for hydroxylation is 1. The van der Waals surface area contributed by atoms with Gasteiger partial charge < -0.3 is 4.90 Å². The van der Waals surface area contributed by atoms with Crippen LogP contribution in [0, 0.1) is 17.7 Å². The van der Waals surface area contributed by atoms with Gasteiger partial charge in [-0.3, -0.25) is 9.59 Å². The van der Waals surface area contributed by atoms with Crippen LogP contribution in [0.5, 0.6) is 0 Å². The smallest absolute Gasteiger partial charge is 0.226 e. The summed E-state index contributed by atoms with van der Waals surface area (Å²) in [4.78, 5) is 28.6. The highest BCUT2D eigenvalue weighted by Crippen LogP contribution is 2.27. The molecule has 0 atom stereocenters. The lowest BCUT2D eigenvalue weighted by Gasteiger charge is -2.17. The van der Waals surface area contributed by atoms with E-state index >= 15 is 0 Å². The minimum absolute atomic E-state index is 0.0463. The van der Waals surface area contributed by atoms with E-state index in [9.17, 15) is 22.8 Å². The molecule has 0 aliphatic rings. The molecule has 0 aliphatic carbocycles. The molecule has 4 nitrogen and oxygen atoms in total. The fourth-order valence-electron chi connectivity index (χ4n) is 3.20. The van der Waals surface area contributed by atoms with Crippen LogP contribution >= 0.6 is 0 Å². The van der Waals surface area contributed by atoms with Crippen molar-refractivity contribution in [2.75, 3.05) is 11.9 Å². The van der Waals surface area contributed by atoms with Gasteiger partial charge in [0.1, 0.15) is 5.82 Å². The zero-order valence-corrected chi connectivity index (χ0v) is 17.2. The molecule has 2 aromatic carbocycles. The zero-order valence-electron chi connectivity index (χ0n) is 17.2. The number of amides is 1. The number of benzene rings is 2. The number of nitrogens with zero attached hydrogens (tertiary/aromatic N) is 2. The number of aromatic nitrogens is 1. The molecular formula is C24H21F3N2O2. The summed E-state index contributed by atoms with van der Waals surface area (Å²) in [5, 5.41) is 0. The van der Waals surface area contributed by atoms with Crippen LogP contribution < -0.4 is 4.90 Å². The number of carbonyl (C=O) groups excluding carboxylic acids is 2. The largest absolute Gasteiger partial charge is 0.313 e. The normalized spacial score (nSPS) is 10.7. The topological polar surface area (TPSA) is 50.3 Å². The minimum Gasteiger partial charge on any atom is -0.313 e. The summed E-state index contributed by atoms with van der Waals surface area (Å²) in [5.41, 5.74) is 2.13. The highest BCUT2D eigenvalue weighted by Gasteiger charge is 2.15. The van der Waals surface area contributed by atoms with Crippen LogP contribution in [0.25, 0.3) is 11.1 Å². The van der Waals surface area contributed by atoms with E-state index in [0.717, 1.165) is 6.07 Å². The molecule has 1 amide bonds. The van der Waals surface area contributed by atoms with Crippen molar-refractivity contribution in [3.05, 3.63) is 83.4 Å². The molecule has 160 valence electrons. The Hall–Kier alpha value is -3.48. The molecule has 0 N–H and O–H groups in total. The second-order valence-electron chi connectivity index (χ2n) is 7.06. The number of carbonyl (C=O) groups is 2. The van der Waals surface area contributed by atoms with E-state index in [-0.39, 0.29) is 42.2 Å². The summed E-state index contributed by atoms with van der Waals surface area (Å²) in [6, 6.07) is 13.6. The molecule has 0 saturated carbocycles. The number of rotatable bonds is 7. The van der Waals surface area contributed by atoms with Crippen molar-refractivity contribution in [2.24, 2.45) is 0 Å².